The maximum atomic E-state index is 6.16. The van der Waals surface area contributed by atoms with Gasteiger partial charge in [0.25, 0.3) is 0 Å². The Morgan fingerprint density at radius 2 is 1.90 bits per heavy atom. The molecule has 6 heteroatoms. The van der Waals surface area contributed by atoms with E-state index in [1.54, 1.807) is 0 Å². The highest BCUT2D eigenvalue weighted by molar-refractivity contribution is 5.80. The SMILES string of the molecule is CCNC(=NCc1ccnc(OC2CCC(C)CC2)c1)NC1CCN(C2CC2)CC1. The summed E-state index contributed by atoms with van der Waals surface area (Å²) in [6.45, 7) is 8.39. The third kappa shape index (κ3) is 6.34. The summed E-state index contributed by atoms with van der Waals surface area (Å²) in [5.41, 5.74) is 1.14. The van der Waals surface area contributed by atoms with E-state index in [9.17, 15) is 0 Å². The van der Waals surface area contributed by atoms with Gasteiger partial charge in [-0.1, -0.05) is 6.92 Å². The molecule has 0 spiro atoms. The minimum absolute atomic E-state index is 0.313. The van der Waals surface area contributed by atoms with Gasteiger partial charge < -0.3 is 20.3 Å². The average molecular weight is 414 g/mol. The van der Waals surface area contributed by atoms with Gasteiger partial charge in [-0.3, -0.25) is 0 Å². The molecule has 2 aliphatic carbocycles. The van der Waals surface area contributed by atoms with Gasteiger partial charge in [0.1, 0.15) is 6.10 Å². The normalized spacial score (nSPS) is 26.4. The van der Waals surface area contributed by atoms with Crippen LogP contribution >= 0.6 is 0 Å². The van der Waals surface area contributed by atoms with Crippen molar-refractivity contribution >= 4 is 5.96 Å². The molecule has 166 valence electrons. The number of aliphatic imine (C=N–C) groups is 1. The molecule has 30 heavy (non-hydrogen) atoms. The predicted octanol–water partition coefficient (Wildman–Crippen LogP) is 3.72. The molecule has 3 aliphatic rings. The Labute approximate surface area is 181 Å². The first kappa shape index (κ1) is 21.4. The van der Waals surface area contributed by atoms with Crippen molar-refractivity contribution in [2.45, 2.75) is 89.9 Å². The molecular weight excluding hydrogens is 374 g/mol. The van der Waals surface area contributed by atoms with E-state index >= 15 is 0 Å². The molecule has 0 radical (unpaired) electrons. The predicted molar refractivity (Wildman–Crippen MR) is 122 cm³/mol. The van der Waals surface area contributed by atoms with Crippen LogP contribution < -0.4 is 15.4 Å². The Kier molecular flexibility index (Phi) is 7.47. The quantitative estimate of drug-likeness (QED) is 0.527. The maximum Gasteiger partial charge on any atom is 0.213 e. The highest BCUT2D eigenvalue weighted by Crippen LogP contribution is 2.29. The van der Waals surface area contributed by atoms with Gasteiger partial charge in [-0.25, -0.2) is 9.98 Å². The van der Waals surface area contributed by atoms with Gasteiger partial charge in [-0.15, -0.1) is 0 Å². The number of rotatable bonds is 7. The van der Waals surface area contributed by atoms with Crippen LogP contribution in [0, 0.1) is 5.92 Å². The number of piperidine rings is 1. The highest BCUT2D eigenvalue weighted by atomic mass is 16.5. The standard InChI is InChI=1S/C24H39N5O/c1-3-25-24(28-20-11-14-29(15-12-20)21-6-7-21)27-17-19-10-13-26-23(16-19)30-22-8-4-18(2)5-9-22/h10,13,16,18,20-22H,3-9,11-12,14-15,17H2,1-2H3,(H2,25,27,28). The van der Waals surface area contributed by atoms with Crippen LogP contribution in [0.4, 0.5) is 0 Å². The first-order chi connectivity index (χ1) is 14.7. The minimum Gasteiger partial charge on any atom is -0.474 e. The molecule has 0 aromatic carbocycles. The largest absolute Gasteiger partial charge is 0.474 e. The second kappa shape index (κ2) is 10.5. The van der Waals surface area contributed by atoms with Gasteiger partial charge in [-0.05, 0) is 75.8 Å². The topological polar surface area (TPSA) is 61.8 Å². The smallest absolute Gasteiger partial charge is 0.213 e. The van der Waals surface area contributed by atoms with E-state index < -0.39 is 0 Å². The van der Waals surface area contributed by atoms with Crippen LogP contribution in [-0.4, -0.2) is 53.7 Å². The van der Waals surface area contributed by atoms with E-state index in [4.69, 9.17) is 9.73 Å². The van der Waals surface area contributed by atoms with Gasteiger partial charge in [0.05, 0.1) is 6.54 Å². The minimum atomic E-state index is 0.313. The summed E-state index contributed by atoms with van der Waals surface area (Å²) in [6, 6.07) is 5.49. The van der Waals surface area contributed by atoms with Crippen molar-refractivity contribution in [3.8, 4) is 5.88 Å². The van der Waals surface area contributed by atoms with E-state index in [2.05, 4.69) is 40.4 Å². The second-order valence-corrected chi connectivity index (χ2v) is 9.38. The molecule has 2 N–H and O–H groups in total. The van der Waals surface area contributed by atoms with E-state index in [1.165, 1.54) is 51.6 Å². The lowest BCUT2D eigenvalue weighted by molar-refractivity contribution is 0.130. The number of aromatic nitrogens is 1. The number of nitrogens with zero attached hydrogens (tertiary/aromatic N) is 3. The van der Waals surface area contributed by atoms with Gasteiger partial charge in [0, 0.05) is 44.0 Å². The van der Waals surface area contributed by atoms with Crippen molar-refractivity contribution in [1.29, 1.82) is 0 Å². The fourth-order valence-electron chi connectivity index (χ4n) is 4.66. The van der Waals surface area contributed by atoms with Gasteiger partial charge in [0.15, 0.2) is 5.96 Å². The molecule has 2 heterocycles. The summed E-state index contributed by atoms with van der Waals surface area (Å²) in [4.78, 5) is 11.9. The molecule has 1 aromatic rings. The number of hydrogen-bond acceptors (Lipinski definition) is 4. The molecule has 0 unspecified atom stereocenters. The van der Waals surface area contributed by atoms with Crippen LogP contribution in [0.3, 0.4) is 0 Å². The Morgan fingerprint density at radius 3 is 2.60 bits per heavy atom. The third-order valence-corrected chi connectivity index (χ3v) is 6.75. The molecule has 0 bridgehead atoms. The summed E-state index contributed by atoms with van der Waals surface area (Å²) in [7, 11) is 0. The van der Waals surface area contributed by atoms with Crippen molar-refractivity contribution in [3.63, 3.8) is 0 Å². The Balaban J connectivity index is 1.29. The van der Waals surface area contributed by atoms with E-state index in [0.717, 1.165) is 48.7 Å². The summed E-state index contributed by atoms with van der Waals surface area (Å²) in [6.07, 6.45) is 12.2. The monoisotopic (exact) mass is 413 g/mol. The second-order valence-electron chi connectivity index (χ2n) is 9.38. The number of nitrogens with one attached hydrogen (secondary N) is 2. The van der Waals surface area contributed by atoms with Crippen LogP contribution in [0.1, 0.15) is 70.8 Å². The molecule has 0 amide bonds. The molecule has 1 saturated heterocycles. The molecular formula is C24H39N5O. The number of hydrogen-bond donors (Lipinski definition) is 2. The molecule has 6 nitrogen and oxygen atoms in total. The first-order valence-corrected chi connectivity index (χ1v) is 12.1. The molecule has 3 fully saturated rings. The van der Waals surface area contributed by atoms with E-state index in [1.807, 2.05) is 12.3 Å². The van der Waals surface area contributed by atoms with Crippen molar-refractivity contribution < 1.29 is 4.74 Å². The Hall–Kier alpha value is -1.82. The molecule has 1 aromatic heterocycles. The lowest BCUT2D eigenvalue weighted by Crippen LogP contribution is -2.49. The van der Waals surface area contributed by atoms with Crippen molar-refractivity contribution in [2.24, 2.45) is 10.9 Å². The number of ether oxygens (including phenoxy) is 1. The molecule has 1 aliphatic heterocycles. The average Bonchev–Trinajstić information content (AvgIpc) is 3.60. The fourth-order valence-corrected chi connectivity index (χ4v) is 4.66. The summed E-state index contributed by atoms with van der Waals surface area (Å²) >= 11 is 0. The zero-order valence-electron chi connectivity index (χ0n) is 18.8. The first-order valence-electron chi connectivity index (χ1n) is 12.1. The zero-order valence-corrected chi connectivity index (χ0v) is 18.8. The van der Waals surface area contributed by atoms with Crippen molar-refractivity contribution in [2.75, 3.05) is 19.6 Å². The fraction of sp³-hybridized carbons (Fsp3) is 0.750. The number of likely N-dealkylation sites (tertiary alicyclic amines) is 1. The van der Waals surface area contributed by atoms with Gasteiger partial charge in [-0.2, -0.15) is 0 Å². The molecule has 4 rings (SSSR count). The Morgan fingerprint density at radius 1 is 1.13 bits per heavy atom. The maximum absolute atomic E-state index is 6.16. The van der Waals surface area contributed by atoms with Gasteiger partial charge >= 0.3 is 0 Å². The van der Waals surface area contributed by atoms with E-state index in [0.29, 0.717) is 18.7 Å². The lowest BCUT2D eigenvalue weighted by Gasteiger charge is -2.33. The highest BCUT2D eigenvalue weighted by Gasteiger charge is 2.31. The zero-order chi connectivity index (χ0) is 20.8. The van der Waals surface area contributed by atoms with Crippen LogP contribution in [-0.2, 0) is 6.54 Å². The Bertz CT molecular complexity index is 689. The lowest BCUT2D eigenvalue weighted by atomic mass is 9.89. The van der Waals surface area contributed by atoms with Crippen LogP contribution in [0.2, 0.25) is 0 Å². The van der Waals surface area contributed by atoms with Crippen LogP contribution in [0.5, 0.6) is 5.88 Å². The third-order valence-electron chi connectivity index (χ3n) is 6.75. The van der Waals surface area contributed by atoms with Crippen molar-refractivity contribution in [1.82, 2.24) is 20.5 Å². The van der Waals surface area contributed by atoms with Crippen molar-refractivity contribution in [3.05, 3.63) is 23.9 Å². The number of guanidine groups is 1. The van der Waals surface area contributed by atoms with Gasteiger partial charge in [0.2, 0.25) is 5.88 Å². The number of pyridine rings is 1. The molecule has 0 atom stereocenters. The summed E-state index contributed by atoms with van der Waals surface area (Å²) < 4.78 is 6.16. The van der Waals surface area contributed by atoms with E-state index in [-0.39, 0.29) is 0 Å². The molecule has 2 saturated carbocycles. The van der Waals surface area contributed by atoms with Crippen LogP contribution in [0.15, 0.2) is 23.3 Å². The van der Waals surface area contributed by atoms with Crippen LogP contribution in [0.25, 0.3) is 0 Å². The summed E-state index contributed by atoms with van der Waals surface area (Å²) in [5.74, 6) is 2.49. The summed E-state index contributed by atoms with van der Waals surface area (Å²) in [5, 5.41) is 7.07.